The third-order valence-electron chi connectivity index (χ3n) is 8.83. The predicted octanol–water partition coefficient (Wildman–Crippen LogP) is 6.81. The van der Waals surface area contributed by atoms with Gasteiger partial charge in [0.05, 0.1) is 10.6 Å². The van der Waals surface area contributed by atoms with Gasteiger partial charge in [0.25, 0.3) is 10.0 Å². The lowest BCUT2D eigenvalue weighted by Gasteiger charge is -2.34. The highest BCUT2D eigenvalue weighted by molar-refractivity contribution is 7.92. The number of benzene rings is 4. The molecular weight excluding hydrogens is 607 g/mol. The molecule has 4 aromatic rings. The molecule has 0 spiro atoms. The highest BCUT2D eigenvalue weighted by Crippen LogP contribution is 2.28. The Kier molecular flexibility index (Phi) is 10.8. The van der Waals surface area contributed by atoms with Gasteiger partial charge in [-0.25, -0.2) is 8.42 Å². The van der Waals surface area contributed by atoms with Crippen LogP contribution in [0.3, 0.4) is 0 Å². The first-order chi connectivity index (χ1) is 22.5. The molecule has 0 aromatic heterocycles. The Hall–Kier alpha value is -4.43. The topological polar surface area (TPSA) is 86.8 Å². The van der Waals surface area contributed by atoms with Gasteiger partial charge >= 0.3 is 0 Å². The second kappa shape index (κ2) is 15.0. The van der Waals surface area contributed by atoms with E-state index in [4.69, 9.17) is 0 Å². The molecule has 0 radical (unpaired) electrons. The molecule has 0 bridgehead atoms. The summed E-state index contributed by atoms with van der Waals surface area (Å²) in [6.07, 6.45) is 4.23. The molecule has 246 valence electrons. The van der Waals surface area contributed by atoms with Crippen LogP contribution in [0, 0.1) is 27.7 Å². The van der Waals surface area contributed by atoms with Crippen LogP contribution in [0.1, 0.15) is 59.1 Å². The van der Waals surface area contributed by atoms with Crippen molar-refractivity contribution in [2.45, 2.75) is 83.3 Å². The number of rotatable bonds is 12. The van der Waals surface area contributed by atoms with Gasteiger partial charge in [-0.2, -0.15) is 0 Å². The number of anilines is 1. The van der Waals surface area contributed by atoms with Gasteiger partial charge in [0.1, 0.15) is 12.6 Å². The van der Waals surface area contributed by atoms with Crippen LogP contribution in [0.25, 0.3) is 0 Å². The van der Waals surface area contributed by atoms with Gasteiger partial charge in [-0.05, 0) is 87.1 Å². The van der Waals surface area contributed by atoms with E-state index in [0.717, 1.165) is 59.1 Å². The Balaban J connectivity index is 1.58. The molecule has 0 saturated heterocycles. The van der Waals surface area contributed by atoms with E-state index in [1.54, 1.807) is 41.3 Å². The quantitative estimate of drug-likeness (QED) is 0.182. The zero-order chi connectivity index (χ0) is 33.6. The van der Waals surface area contributed by atoms with E-state index >= 15 is 0 Å². The summed E-state index contributed by atoms with van der Waals surface area (Å²) in [5, 5.41) is 3.23. The highest BCUT2D eigenvalue weighted by atomic mass is 32.2. The van der Waals surface area contributed by atoms with E-state index in [1.165, 1.54) is 4.31 Å². The number of aryl methyl sites for hydroxylation is 4. The summed E-state index contributed by atoms with van der Waals surface area (Å²) in [7, 11) is -4.15. The van der Waals surface area contributed by atoms with Crippen molar-refractivity contribution in [2.75, 3.05) is 10.8 Å². The number of hydrogen-bond donors (Lipinski definition) is 1. The summed E-state index contributed by atoms with van der Waals surface area (Å²) in [6.45, 7) is 7.39. The van der Waals surface area contributed by atoms with Gasteiger partial charge in [-0.3, -0.25) is 13.9 Å². The van der Waals surface area contributed by atoms with Crippen molar-refractivity contribution in [2.24, 2.45) is 0 Å². The predicted molar refractivity (Wildman–Crippen MR) is 188 cm³/mol. The van der Waals surface area contributed by atoms with Crippen LogP contribution in [0.4, 0.5) is 5.69 Å². The van der Waals surface area contributed by atoms with Crippen molar-refractivity contribution in [1.29, 1.82) is 0 Å². The van der Waals surface area contributed by atoms with Crippen molar-refractivity contribution < 1.29 is 18.0 Å². The average molecular weight is 652 g/mol. The fourth-order valence-electron chi connectivity index (χ4n) is 6.27. The largest absolute Gasteiger partial charge is 0.352 e. The first-order valence-electron chi connectivity index (χ1n) is 16.4. The number of carbonyl (C=O) groups is 2. The van der Waals surface area contributed by atoms with Crippen LogP contribution >= 0.6 is 0 Å². The minimum atomic E-state index is -4.15. The van der Waals surface area contributed by atoms with Crippen molar-refractivity contribution in [3.05, 3.63) is 130 Å². The Bertz CT molecular complexity index is 1760. The first-order valence-corrected chi connectivity index (χ1v) is 17.8. The fraction of sp³-hybridized carbons (Fsp3) is 0.333. The van der Waals surface area contributed by atoms with E-state index in [1.807, 2.05) is 88.4 Å². The zero-order valence-electron chi connectivity index (χ0n) is 27.8. The summed E-state index contributed by atoms with van der Waals surface area (Å²) in [4.78, 5) is 30.5. The van der Waals surface area contributed by atoms with Crippen LogP contribution in [0.15, 0.2) is 102 Å². The van der Waals surface area contributed by atoms with Crippen molar-refractivity contribution in [3.8, 4) is 0 Å². The molecule has 1 fully saturated rings. The molecule has 47 heavy (non-hydrogen) atoms. The molecule has 7 nitrogen and oxygen atoms in total. The maximum atomic E-state index is 14.7. The lowest BCUT2D eigenvalue weighted by atomic mass is 10.0. The van der Waals surface area contributed by atoms with E-state index in [-0.39, 0.29) is 23.4 Å². The van der Waals surface area contributed by atoms with Gasteiger partial charge in [-0.1, -0.05) is 96.8 Å². The number of nitrogens with one attached hydrogen (secondary N) is 1. The van der Waals surface area contributed by atoms with Crippen molar-refractivity contribution >= 4 is 27.5 Å². The number of carbonyl (C=O) groups excluding carboxylic acids is 2. The molecule has 0 aliphatic heterocycles. The molecule has 0 heterocycles. The number of hydrogen-bond acceptors (Lipinski definition) is 4. The Labute approximate surface area is 279 Å². The summed E-state index contributed by atoms with van der Waals surface area (Å²) >= 11 is 0. The molecule has 4 aromatic carbocycles. The summed E-state index contributed by atoms with van der Waals surface area (Å²) in [5.74, 6) is -0.677. The minimum absolute atomic E-state index is 0.0609. The molecule has 1 saturated carbocycles. The lowest BCUT2D eigenvalue weighted by molar-refractivity contribution is -0.140. The van der Waals surface area contributed by atoms with E-state index in [2.05, 4.69) is 5.32 Å². The normalized spacial score (nSPS) is 14.0. The van der Waals surface area contributed by atoms with Gasteiger partial charge in [0, 0.05) is 19.0 Å². The molecule has 5 rings (SSSR count). The van der Waals surface area contributed by atoms with Crippen LogP contribution in [-0.2, 0) is 32.6 Å². The lowest BCUT2D eigenvalue weighted by Crippen LogP contribution is -2.54. The smallest absolute Gasteiger partial charge is 0.264 e. The van der Waals surface area contributed by atoms with Crippen LogP contribution < -0.4 is 9.62 Å². The Morgan fingerprint density at radius 1 is 0.745 bits per heavy atom. The van der Waals surface area contributed by atoms with Crippen molar-refractivity contribution in [3.63, 3.8) is 0 Å². The van der Waals surface area contributed by atoms with Gasteiger partial charge in [0.15, 0.2) is 0 Å². The second-order valence-electron chi connectivity index (χ2n) is 12.9. The standard InChI is InChI=1S/C39H45N3O4S/c1-28-14-18-33(19-15-28)26-41(37(25-32-10-6-5-7-11-32)39(44)40-34-12-8-9-13-34)38(43)27-42(35-23-30(3)22-31(4)24-35)47(45,46)36-20-16-29(2)17-21-36/h5-7,10-11,14-24,34,37H,8-9,12-13,25-27H2,1-4H3,(H,40,44)/t37-/m1/s1. The molecule has 8 heteroatoms. The molecule has 1 N–H and O–H groups in total. The average Bonchev–Trinajstić information content (AvgIpc) is 3.55. The Morgan fingerprint density at radius 3 is 1.91 bits per heavy atom. The second-order valence-corrected chi connectivity index (χ2v) is 14.7. The highest BCUT2D eigenvalue weighted by Gasteiger charge is 2.35. The third kappa shape index (κ3) is 8.69. The van der Waals surface area contributed by atoms with Crippen LogP contribution in [0.5, 0.6) is 0 Å². The van der Waals surface area contributed by atoms with E-state index in [0.29, 0.717) is 12.1 Å². The number of sulfonamides is 1. The minimum Gasteiger partial charge on any atom is -0.352 e. The molecule has 0 unspecified atom stereocenters. The molecule has 1 aliphatic carbocycles. The number of amides is 2. The van der Waals surface area contributed by atoms with Gasteiger partial charge < -0.3 is 10.2 Å². The van der Waals surface area contributed by atoms with Crippen molar-refractivity contribution in [1.82, 2.24) is 10.2 Å². The maximum absolute atomic E-state index is 14.7. The van der Waals surface area contributed by atoms with Gasteiger partial charge in [0.2, 0.25) is 11.8 Å². The Morgan fingerprint density at radius 2 is 1.32 bits per heavy atom. The molecular formula is C39H45N3O4S. The fourth-order valence-corrected chi connectivity index (χ4v) is 7.67. The summed E-state index contributed by atoms with van der Waals surface area (Å²) in [5.41, 5.74) is 5.95. The SMILES string of the molecule is Cc1ccc(CN(C(=O)CN(c2cc(C)cc(C)c2)S(=O)(=O)c2ccc(C)cc2)[C@H](Cc2ccccc2)C(=O)NC2CCCC2)cc1. The summed E-state index contributed by atoms with van der Waals surface area (Å²) < 4.78 is 29.8. The molecule has 1 aliphatic rings. The van der Waals surface area contributed by atoms with E-state index in [9.17, 15) is 18.0 Å². The van der Waals surface area contributed by atoms with Gasteiger partial charge in [-0.15, -0.1) is 0 Å². The third-order valence-corrected chi connectivity index (χ3v) is 10.6. The number of nitrogens with zero attached hydrogens (tertiary/aromatic N) is 2. The van der Waals surface area contributed by atoms with Crippen LogP contribution in [-0.4, -0.2) is 43.8 Å². The van der Waals surface area contributed by atoms with E-state index < -0.39 is 28.5 Å². The van der Waals surface area contributed by atoms with Crippen LogP contribution in [0.2, 0.25) is 0 Å². The summed E-state index contributed by atoms with van der Waals surface area (Å²) in [6, 6.07) is 28.9. The molecule has 2 amide bonds. The maximum Gasteiger partial charge on any atom is 0.264 e. The first kappa shape index (κ1) is 33.9. The zero-order valence-corrected chi connectivity index (χ0v) is 28.6. The monoisotopic (exact) mass is 651 g/mol. The molecule has 1 atom stereocenters.